The molecule has 88 valence electrons. The van der Waals surface area contributed by atoms with Gasteiger partial charge in [0, 0.05) is 18.5 Å². The highest BCUT2D eigenvalue weighted by Crippen LogP contribution is 2.19. The molecule has 1 aliphatic heterocycles. The summed E-state index contributed by atoms with van der Waals surface area (Å²) in [6, 6.07) is 6.61. The van der Waals surface area contributed by atoms with Gasteiger partial charge in [-0.2, -0.15) is 0 Å². The Labute approximate surface area is 94.9 Å². The Kier molecular flexibility index (Phi) is 3.64. The Bertz CT molecular complexity index is 337. The molecule has 0 radical (unpaired) electrons. The average molecular weight is 223 g/mol. The van der Waals surface area contributed by atoms with E-state index in [-0.39, 0.29) is 18.3 Å². The van der Waals surface area contributed by atoms with Crippen LogP contribution < -0.4 is 10.1 Å². The molecule has 0 aromatic heterocycles. The van der Waals surface area contributed by atoms with Gasteiger partial charge in [-0.05, 0) is 25.1 Å². The Morgan fingerprint density at radius 3 is 3.06 bits per heavy atom. The summed E-state index contributed by atoms with van der Waals surface area (Å²) in [6.45, 7) is 2.09. The van der Waals surface area contributed by atoms with Crippen LogP contribution >= 0.6 is 0 Å². The van der Waals surface area contributed by atoms with Crippen molar-refractivity contribution in [3.8, 4) is 11.5 Å². The Morgan fingerprint density at radius 1 is 1.50 bits per heavy atom. The third-order valence-corrected chi connectivity index (χ3v) is 2.88. The molecule has 1 heterocycles. The van der Waals surface area contributed by atoms with Crippen LogP contribution in [0, 0.1) is 5.92 Å². The molecule has 0 saturated carbocycles. The second kappa shape index (κ2) is 5.18. The second-order valence-corrected chi connectivity index (χ2v) is 4.13. The molecule has 16 heavy (non-hydrogen) atoms. The SMILES string of the molecule is Oc1cccc(OCC(O)C2CCNC2)c1. The maximum atomic E-state index is 9.85. The largest absolute Gasteiger partial charge is 0.508 e. The van der Waals surface area contributed by atoms with E-state index in [1.807, 2.05) is 0 Å². The quantitative estimate of drug-likeness (QED) is 0.704. The van der Waals surface area contributed by atoms with Gasteiger partial charge in [0.25, 0.3) is 0 Å². The van der Waals surface area contributed by atoms with Crippen LogP contribution in [-0.4, -0.2) is 36.0 Å². The zero-order valence-electron chi connectivity index (χ0n) is 9.10. The Balaban J connectivity index is 1.82. The molecule has 1 fully saturated rings. The van der Waals surface area contributed by atoms with Gasteiger partial charge in [0.05, 0.1) is 6.10 Å². The van der Waals surface area contributed by atoms with Gasteiger partial charge in [-0.1, -0.05) is 6.07 Å². The molecular weight excluding hydrogens is 206 g/mol. The molecule has 1 aromatic carbocycles. The lowest BCUT2D eigenvalue weighted by Gasteiger charge is -2.17. The van der Waals surface area contributed by atoms with Crippen LogP contribution in [0.1, 0.15) is 6.42 Å². The van der Waals surface area contributed by atoms with Crippen molar-refractivity contribution in [1.82, 2.24) is 5.32 Å². The molecule has 2 atom stereocenters. The highest BCUT2D eigenvalue weighted by atomic mass is 16.5. The first-order chi connectivity index (χ1) is 7.75. The van der Waals surface area contributed by atoms with E-state index in [1.165, 1.54) is 0 Å². The van der Waals surface area contributed by atoms with E-state index in [9.17, 15) is 10.2 Å². The molecule has 0 bridgehead atoms. The van der Waals surface area contributed by atoms with Gasteiger partial charge < -0.3 is 20.3 Å². The molecule has 0 spiro atoms. The molecule has 1 aliphatic rings. The first-order valence-corrected chi connectivity index (χ1v) is 5.56. The van der Waals surface area contributed by atoms with Crippen molar-refractivity contribution in [2.75, 3.05) is 19.7 Å². The molecule has 1 aromatic rings. The van der Waals surface area contributed by atoms with Crippen molar-refractivity contribution in [2.45, 2.75) is 12.5 Å². The molecule has 4 heteroatoms. The third kappa shape index (κ3) is 2.87. The fraction of sp³-hybridized carbons (Fsp3) is 0.500. The standard InChI is InChI=1S/C12H17NO3/c14-10-2-1-3-11(6-10)16-8-12(15)9-4-5-13-7-9/h1-3,6,9,12-15H,4-5,7-8H2. The normalized spacial score (nSPS) is 21.9. The monoisotopic (exact) mass is 223 g/mol. The van der Waals surface area contributed by atoms with E-state index in [1.54, 1.807) is 24.3 Å². The topological polar surface area (TPSA) is 61.7 Å². The number of aliphatic hydroxyl groups is 1. The van der Waals surface area contributed by atoms with Crippen LogP contribution in [0.3, 0.4) is 0 Å². The van der Waals surface area contributed by atoms with Crippen molar-refractivity contribution in [2.24, 2.45) is 5.92 Å². The number of hydrogen-bond donors (Lipinski definition) is 3. The van der Waals surface area contributed by atoms with Gasteiger partial charge in [-0.15, -0.1) is 0 Å². The lowest BCUT2D eigenvalue weighted by atomic mass is 10.0. The molecule has 2 unspecified atom stereocenters. The molecule has 4 nitrogen and oxygen atoms in total. The van der Waals surface area contributed by atoms with Crippen LogP contribution in [0.25, 0.3) is 0 Å². The van der Waals surface area contributed by atoms with Crippen molar-refractivity contribution in [3.05, 3.63) is 24.3 Å². The fourth-order valence-corrected chi connectivity index (χ4v) is 1.90. The lowest BCUT2D eigenvalue weighted by molar-refractivity contribution is 0.0640. The molecule has 0 amide bonds. The van der Waals surface area contributed by atoms with Crippen LogP contribution in [0.2, 0.25) is 0 Å². The number of rotatable bonds is 4. The van der Waals surface area contributed by atoms with Gasteiger partial charge in [0.15, 0.2) is 0 Å². The highest BCUT2D eigenvalue weighted by Gasteiger charge is 2.23. The predicted molar refractivity (Wildman–Crippen MR) is 60.6 cm³/mol. The number of nitrogens with one attached hydrogen (secondary N) is 1. The molecule has 1 saturated heterocycles. The second-order valence-electron chi connectivity index (χ2n) is 4.13. The van der Waals surface area contributed by atoms with Gasteiger partial charge in [-0.25, -0.2) is 0 Å². The average Bonchev–Trinajstić information content (AvgIpc) is 2.79. The van der Waals surface area contributed by atoms with E-state index >= 15 is 0 Å². The van der Waals surface area contributed by atoms with Crippen LogP contribution in [0.15, 0.2) is 24.3 Å². The number of phenolic OH excluding ortho intramolecular Hbond substituents is 1. The highest BCUT2D eigenvalue weighted by molar-refractivity contribution is 5.31. The van der Waals surface area contributed by atoms with Gasteiger partial charge >= 0.3 is 0 Å². The maximum Gasteiger partial charge on any atom is 0.123 e. The van der Waals surface area contributed by atoms with Gasteiger partial charge in [0.2, 0.25) is 0 Å². The Hall–Kier alpha value is -1.26. The number of aromatic hydroxyl groups is 1. The van der Waals surface area contributed by atoms with Gasteiger partial charge in [-0.3, -0.25) is 0 Å². The minimum atomic E-state index is -0.447. The van der Waals surface area contributed by atoms with E-state index in [0.717, 1.165) is 19.5 Å². The summed E-state index contributed by atoms with van der Waals surface area (Å²) in [5.74, 6) is 1.04. The summed E-state index contributed by atoms with van der Waals surface area (Å²) in [4.78, 5) is 0. The van der Waals surface area contributed by atoms with Crippen LogP contribution in [-0.2, 0) is 0 Å². The van der Waals surface area contributed by atoms with Crippen molar-refractivity contribution >= 4 is 0 Å². The first-order valence-electron chi connectivity index (χ1n) is 5.56. The third-order valence-electron chi connectivity index (χ3n) is 2.88. The predicted octanol–water partition coefficient (Wildman–Crippen LogP) is 0.741. The Morgan fingerprint density at radius 2 is 2.38 bits per heavy atom. The van der Waals surface area contributed by atoms with E-state index in [2.05, 4.69) is 5.32 Å². The zero-order chi connectivity index (χ0) is 11.4. The fourth-order valence-electron chi connectivity index (χ4n) is 1.90. The van der Waals surface area contributed by atoms with Crippen molar-refractivity contribution in [3.63, 3.8) is 0 Å². The molecule has 2 rings (SSSR count). The zero-order valence-corrected chi connectivity index (χ0v) is 9.10. The molecule has 3 N–H and O–H groups in total. The molecule has 0 aliphatic carbocycles. The van der Waals surface area contributed by atoms with Crippen LogP contribution in [0.5, 0.6) is 11.5 Å². The minimum absolute atomic E-state index is 0.175. The molecular formula is C12H17NO3. The first kappa shape index (κ1) is 11.2. The van der Waals surface area contributed by atoms with Gasteiger partial charge in [0.1, 0.15) is 18.1 Å². The summed E-state index contributed by atoms with van der Waals surface area (Å²) in [5, 5.41) is 22.3. The van der Waals surface area contributed by atoms with E-state index < -0.39 is 6.10 Å². The summed E-state index contributed by atoms with van der Waals surface area (Å²) in [5.41, 5.74) is 0. The lowest BCUT2D eigenvalue weighted by Crippen LogP contribution is -2.28. The maximum absolute atomic E-state index is 9.85. The number of phenols is 1. The van der Waals surface area contributed by atoms with Crippen molar-refractivity contribution in [1.29, 1.82) is 0 Å². The summed E-state index contributed by atoms with van der Waals surface area (Å²) < 4.78 is 5.42. The van der Waals surface area contributed by atoms with E-state index in [0.29, 0.717) is 5.75 Å². The summed E-state index contributed by atoms with van der Waals surface area (Å²) >= 11 is 0. The van der Waals surface area contributed by atoms with E-state index in [4.69, 9.17) is 4.74 Å². The summed E-state index contributed by atoms with van der Waals surface area (Å²) in [6.07, 6.45) is 0.544. The summed E-state index contributed by atoms with van der Waals surface area (Å²) in [7, 11) is 0. The van der Waals surface area contributed by atoms with Crippen LogP contribution in [0.4, 0.5) is 0 Å². The number of benzene rings is 1. The minimum Gasteiger partial charge on any atom is -0.508 e. The number of hydrogen-bond acceptors (Lipinski definition) is 4. The number of aliphatic hydroxyl groups excluding tert-OH is 1. The smallest absolute Gasteiger partial charge is 0.123 e. The van der Waals surface area contributed by atoms with Crippen molar-refractivity contribution < 1.29 is 14.9 Å². The number of ether oxygens (including phenoxy) is 1.